The lowest BCUT2D eigenvalue weighted by Gasteiger charge is -2.38. The van der Waals surface area contributed by atoms with E-state index in [-0.39, 0.29) is 0 Å². The van der Waals surface area contributed by atoms with Crippen molar-refractivity contribution in [3.63, 3.8) is 0 Å². The highest BCUT2D eigenvalue weighted by Crippen LogP contribution is 2.40. The molecule has 1 N–H and O–H groups in total. The number of nitrogens with one attached hydrogen (secondary N) is 1. The Morgan fingerprint density at radius 1 is 1.11 bits per heavy atom. The number of nitrogens with zero attached hydrogens (tertiary/aromatic N) is 3. The first-order valence-electron chi connectivity index (χ1n) is 7.75. The Balaban J connectivity index is 1.54. The molecule has 4 nitrogen and oxygen atoms in total. The van der Waals surface area contributed by atoms with Crippen LogP contribution >= 0.6 is 11.5 Å². The van der Waals surface area contributed by atoms with Crippen LogP contribution in [-0.2, 0) is 0 Å². The van der Waals surface area contributed by atoms with Gasteiger partial charge in [0.05, 0.1) is 0 Å². The molecular weight excluding hydrogens is 256 g/mol. The lowest BCUT2D eigenvalue weighted by Crippen LogP contribution is -2.50. The molecule has 1 aromatic heterocycles. The first kappa shape index (κ1) is 12.1. The Morgan fingerprint density at radius 2 is 2.05 bits per heavy atom. The third kappa shape index (κ3) is 2.38. The van der Waals surface area contributed by atoms with Crippen molar-refractivity contribution in [1.29, 1.82) is 0 Å². The van der Waals surface area contributed by atoms with Gasteiger partial charge in [0, 0.05) is 36.1 Å². The van der Waals surface area contributed by atoms with E-state index >= 15 is 0 Å². The van der Waals surface area contributed by atoms with Crippen LogP contribution in [0.3, 0.4) is 0 Å². The summed E-state index contributed by atoms with van der Waals surface area (Å²) in [5.41, 5.74) is 0. The van der Waals surface area contributed by atoms with Crippen molar-refractivity contribution in [2.75, 3.05) is 18.0 Å². The number of anilines is 1. The van der Waals surface area contributed by atoms with E-state index in [4.69, 9.17) is 4.98 Å². The molecule has 3 heterocycles. The zero-order chi connectivity index (χ0) is 12.7. The van der Waals surface area contributed by atoms with Crippen LogP contribution in [0, 0.1) is 0 Å². The summed E-state index contributed by atoms with van der Waals surface area (Å²) in [5, 5.41) is 4.86. The van der Waals surface area contributed by atoms with Crippen molar-refractivity contribution in [3.05, 3.63) is 5.82 Å². The van der Waals surface area contributed by atoms with E-state index in [0.29, 0.717) is 18.0 Å². The summed E-state index contributed by atoms with van der Waals surface area (Å²) < 4.78 is 4.58. The zero-order valence-electron chi connectivity index (χ0n) is 11.3. The minimum atomic E-state index is 0.649. The summed E-state index contributed by atoms with van der Waals surface area (Å²) in [6.07, 6.45) is 9.24. The molecule has 1 aliphatic carbocycles. The van der Waals surface area contributed by atoms with E-state index in [1.807, 2.05) is 0 Å². The molecule has 2 saturated heterocycles. The van der Waals surface area contributed by atoms with Crippen LogP contribution in [-0.4, -0.2) is 34.5 Å². The predicted octanol–water partition coefficient (Wildman–Crippen LogP) is 2.53. The Bertz CT molecular complexity index is 436. The van der Waals surface area contributed by atoms with Gasteiger partial charge in [-0.3, -0.25) is 0 Å². The van der Waals surface area contributed by atoms with Gasteiger partial charge >= 0.3 is 0 Å². The molecule has 4 rings (SSSR count). The van der Waals surface area contributed by atoms with Gasteiger partial charge in [-0.25, -0.2) is 4.98 Å². The second-order valence-corrected chi connectivity index (χ2v) is 6.90. The van der Waals surface area contributed by atoms with E-state index in [9.17, 15) is 0 Å². The molecule has 0 bridgehead atoms. The van der Waals surface area contributed by atoms with Crippen molar-refractivity contribution >= 4 is 16.7 Å². The summed E-state index contributed by atoms with van der Waals surface area (Å²) >= 11 is 1.62. The van der Waals surface area contributed by atoms with Gasteiger partial charge in [-0.1, -0.05) is 0 Å². The van der Waals surface area contributed by atoms with Crippen LogP contribution in [0.15, 0.2) is 0 Å². The molecule has 0 amide bonds. The molecule has 5 heteroatoms. The second-order valence-electron chi connectivity index (χ2n) is 6.17. The third-order valence-electron chi connectivity index (χ3n) is 4.73. The average Bonchev–Trinajstić information content (AvgIpc) is 2.97. The summed E-state index contributed by atoms with van der Waals surface area (Å²) in [4.78, 5) is 7.37. The molecule has 2 aliphatic heterocycles. The van der Waals surface area contributed by atoms with Crippen LogP contribution in [0.25, 0.3) is 0 Å². The van der Waals surface area contributed by atoms with Crippen LogP contribution in [0.5, 0.6) is 0 Å². The molecule has 104 valence electrons. The van der Waals surface area contributed by atoms with Crippen molar-refractivity contribution < 1.29 is 0 Å². The quantitative estimate of drug-likeness (QED) is 0.922. The summed E-state index contributed by atoms with van der Waals surface area (Å²) in [5.74, 6) is 1.79. The maximum atomic E-state index is 4.82. The third-order valence-corrected chi connectivity index (χ3v) is 5.50. The van der Waals surface area contributed by atoms with Gasteiger partial charge in [0.1, 0.15) is 5.82 Å². The molecule has 19 heavy (non-hydrogen) atoms. The van der Waals surface area contributed by atoms with Gasteiger partial charge in [-0.15, -0.1) is 0 Å². The highest BCUT2D eigenvalue weighted by molar-refractivity contribution is 7.09. The molecule has 2 unspecified atom stereocenters. The van der Waals surface area contributed by atoms with E-state index < -0.39 is 0 Å². The number of rotatable bonds is 3. The Kier molecular flexibility index (Phi) is 3.19. The molecule has 0 radical (unpaired) electrons. The second kappa shape index (κ2) is 5.02. The average molecular weight is 278 g/mol. The number of aromatic nitrogens is 2. The topological polar surface area (TPSA) is 41.0 Å². The highest BCUT2D eigenvalue weighted by Gasteiger charge is 2.34. The van der Waals surface area contributed by atoms with E-state index in [0.717, 1.165) is 5.82 Å². The Labute approximate surface area is 118 Å². The summed E-state index contributed by atoms with van der Waals surface area (Å²) in [7, 11) is 0. The maximum Gasteiger partial charge on any atom is 0.205 e. The van der Waals surface area contributed by atoms with Crippen molar-refractivity contribution in [2.45, 2.75) is 62.9 Å². The maximum absolute atomic E-state index is 4.82. The normalized spacial score (nSPS) is 31.9. The van der Waals surface area contributed by atoms with Crippen molar-refractivity contribution in [2.24, 2.45) is 0 Å². The van der Waals surface area contributed by atoms with Gasteiger partial charge < -0.3 is 10.2 Å². The number of hydrogen-bond donors (Lipinski definition) is 1. The predicted molar refractivity (Wildman–Crippen MR) is 77.9 cm³/mol. The van der Waals surface area contributed by atoms with Crippen LogP contribution in [0.2, 0.25) is 0 Å². The van der Waals surface area contributed by atoms with E-state index in [1.54, 1.807) is 11.5 Å². The summed E-state index contributed by atoms with van der Waals surface area (Å²) in [6.45, 7) is 2.36. The SMILES string of the molecule is C1CNC(C2CCCCN2c2nc(C3CC3)ns2)C1. The monoisotopic (exact) mass is 278 g/mol. The Morgan fingerprint density at radius 3 is 2.84 bits per heavy atom. The fraction of sp³-hybridized carbons (Fsp3) is 0.857. The molecular formula is C14H22N4S. The number of piperidine rings is 1. The minimum Gasteiger partial charge on any atom is -0.342 e. The molecule has 1 aromatic rings. The van der Waals surface area contributed by atoms with Gasteiger partial charge in [0.2, 0.25) is 5.13 Å². The highest BCUT2D eigenvalue weighted by atomic mass is 32.1. The van der Waals surface area contributed by atoms with Crippen LogP contribution in [0.1, 0.15) is 56.7 Å². The fourth-order valence-corrected chi connectivity index (χ4v) is 4.33. The van der Waals surface area contributed by atoms with Crippen LogP contribution < -0.4 is 10.2 Å². The van der Waals surface area contributed by atoms with Crippen molar-refractivity contribution in [3.8, 4) is 0 Å². The summed E-state index contributed by atoms with van der Waals surface area (Å²) in [6, 6.07) is 1.32. The minimum absolute atomic E-state index is 0.649. The fourth-order valence-electron chi connectivity index (χ4n) is 3.50. The molecule has 0 aromatic carbocycles. The first-order chi connectivity index (χ1) is 9.42. The first-order valence-corrected chi connectivity index (χ1v) is 8.53. The Hall–Kier alpha value is -0.680. The van der Waals surface area contributed by atoms with Crippen LogP contribution in [0.4, 0.5) is 5.13 Å². The molecule has 1 saturated carbocycles. The van der Waals surface area contributed by atoms with Gasteiger partial charge in [0.15, 0.2) is 0 Å². The smallest absolute Gasteiger partial charge is 0.205 e. The van der Waals surface area contributed by atoms with Gasteiger partial charge in [-0.05, 0) is 51.5 Å². The molecule has 0 spiro atoms. The molecule has 3 fully saturated rings. The van der Waals surface area contributed by atoms with E-state index in [2.05, 4.69) is 14.6 Å². The zero-order valence-corrected chi connectivity index (χ0v) is 12.2. The number of hydrogen-bond acceptors (Lipinski definition) is 5. The lowest BCUT2D eigenvalue weighted by atomic mass is 9.95. The lowest BCUT2D eigenvalue weighted by molar-refractivity contribution is 0.378. The van der Waals surface area contributed by atoms with Gasteiger partial charge in [0.25, 0.3) is 0 Å². The van der Waals surface area contributed by atoms with E-state index in [1.165, 1.54) is 63.2 Å². The molecule has 2 atom stereocenters. The standard InChI is InChI=1S/C14H22N4S/c1-2-9-18(12(5-1)11-4-3-8-15-11)14-16-13(17-19-14)10-6-7-10/h10-12,15H,1-9H2. The van der Waals surface area contributed by atoms with Crippen molar-refractivity contribution in [1.82, 2.24) is 14.7 Å². The molecule has 3 aliphatic rings. The largest absolute Gasteiger partial charge is 0.342 e. The van der Waals surface area contributed by atoms with Gasteiger partial charge in [-0.2, -0.15) is 4.37 Å².